The van der Waals surface area contributed by atoms with Gasteiger partial charge in [-0.2, -0.15) is 8.42 Å². The minimum absolute atomic E-state index is 0.0409. The van der Waals surface area contributed by atoms with Gasteiger partial charge in [-0.05, 0) is 32.1 Å². The third-order valence-corrected chi connectivity index (χ3v) is 5.69. The van der Waals surface area contributed by atoms with E-state index < -0.39 is 28.3 Å². The minimum Gasteiger partial charge on any atom is -0.335 e. The Bertz CT molecular complexity index is 586. The number of β-lactam (4-membered cyclic amide) rings is 1. The third kappa shape index (κ3) is 2.55. The number of nitrogens with zero attached hydrogens (tertiary/aromatic N) is 2. The number of carbonyl (C=O) groups excluding carboxylic acids is 2. The van der Waals surface area contributed by atoms with Gasteiger partial charge in [0.15, 0.2) is 0 Å². The number of rotatable bonds is 2. The van der Waals surface area contributed by atoms with Crippen molar-refractivity contribution in [1.82, 2.24) is 14.5 Å². The van der Waals surface area contributed by atoms with Crippen LogP contribution in [0.25, 0.3) is 0 Å². The lowest BCUT2D eigenvalue weighted by Gasteiger charge is -2.42. The molecule has 3 amide bonds. The maximum atomic E-state index is 12.3. The number of nitrogens with two attached hydrogens (primary N) is 1. The van der Waals surface area contributed by atoms with Gasteiger partial charge in [0, 0.05) is 18.6 Å². The second-order valence-electron chi connectivity index (χ2n) is 6.17. The van der Waals surface area contributed by atoms with Crippen LogP contribution in [-0.2, 0) is 15.1 Å². The summed E-state index contributed by atoms with van der Waals surface area (Å²) in [5.74, 6) is -0.745. The van der Waals surface area contributed by atoms with Crippen molar-refractivity contribution in [2.45, 2.75) is 56.3 Å². The quantitative estimate of drug-likeness (QED) is 0.441. The molecular weight excluding hydrogens is 312 g/mol. The molecule has 4 N–H and O–H groups in total. The van der Waals surface area contributed by atoms with Crippen LogP contribution < -0.4 is 11.1 Å². The lowest BCUT2D eigenvalue weighted by atomic mass is 9.92. The number of amides is 3. The first-order chi connectivity index (χ1) is 10.3. The van der Waals surface area contributed by atoms with Gasteiger partial charge in [-0.15, -0.1) is 0 Å². The smallest absolute Gasteiger partial charge is 0.335 e. The van der Waals surface area contributed by atoms with E-state index in [2.05, 4.69) is 5.32 Å². The number of hydrogen-bond donors (Lipinski definition) is 3. The summed E-state index contributed by atoms with van der Waals surface area (Å²) < 4.78 is 31.7. The molecule has 0 unspecified atom stereocenters. The first-order valence-electron chi connectivity index (χ1n) is 7.42. The molecule has 3 fully saturated rings. The van der Waals surface area contributed by atoms with Crippen molar-refractivity contribution in [2.75, 3.05) is 6.54 Å². The number of fused-ring (bicyclic) bond motifs is 1. The van der Waals surface area contributed by atoms with E-state index in [-0.39, 0.29) is 18.1 Å². The van der Waals surface area contributed by atoms with Gasteiger partial charge >= 0.3 is 16.3 Å². The zero-order valence-electron chi connectivity index (χ0n) is 12.0. The lowest BCUT2D eigenvalue weighted by Crippen LogP contribution is -2.69. The second-order valence-corrected chi connectivity index (χ2v) is 7.46. The summed E-state index contributed by atoms with van der Waals surface area (Å²) in [5.41, 5.74) is 5.82. The molecule has 22 heavy (non-hydrogen) atoms. The monoisotopic (exact) mass is 332 g/mol. The normalized spacial score (nSPS) is 35.1. The highest BCUT2D eigenvalue weighted by atomic mass is 32.2. The summed E-state index contributed by atoms with van der Waals surface area (Å²) >= 11 is 0. The third-order valence-electron chi connectivity index (χ3n) is 4.75. The SMILES string of the molecule is NC1CCC(NC(=O)N2CC[C@@H]3[C@H]2C(=O)N3S(=O)(=O)O)CC1. The summed E-state index contributed by atoms with van der Waals surface area (Å²) in [4.78, 5) is 25.5. The molecule has 1 saturated carbocycles. The van der Waals surface area contributed by atoms with Gasteiger partial charge in [0.05, 0.1) is 6.04 Å². The van der Waals surface area contributed by atoms with Crippen LogP contribution in [0.2, 0.25) is 0 Å². The number of urea groups is 1. The molecule has 9 nitrogen and oxygen atoms in total. The van der Waals surface area contributed by atoms with Crippen LogP contribution in [0.1, 0.15) is 32.1 Å². The van der Waals surface area contributed by atoms with Crippen LogP contribution in [0.5, 0.6) is 0 Å². The number of hydrogen-bond acceptors (Lipinski definition) is 5. The Kier molecular flexibility index (Phi) is 3.77. The van der Waals surface area contributed by atoms with E-state index in [1.807, 2.05) is 0 Å². The van der Waals surface area contributed by atoms with Crippen LogP contribution in [0, 0.1) is 0 Å². The van der Waals surface area contributed by atoms with Crippen molar-refractivity contribution in [3.8, 4) is 0 Å². The van der Waals surface area contributed by atoms with Gasteiger partial charge in [0.1, 0.15) is 6.04 Å². The van der Waals surface area contributed by atoms with Crippen molar-refractivity contribution in [2.24, 2.45) is 5.73 Å². The highest BCUT2D eigenvalue weighted by molar-refractivity contribution is 7.84. The fourth-order valence-electron chi connectivity index (χ4n) is 3.56. The average Bonchev–Trinajstić information content (AvgIpc) is 2.78. The second kappa shape index (κ2) is 5.36. The van der Waals surface area contributed by atoms with Crippen molar-refractivity contribution >= 4 is 22.2 Å². The van der Waals surface area contributed by atoms with Gasteiger partial charge in [-0.1, -0.05) is 0 Å². The Labute approximate surface area is 128 Å². The summed E-state index contributed by atoms with van der Waals surface area (Å²) in [6, 6.07) is -1.56. The predicted octanol–water partition coefficient (Wildman–Crippen LogP) is -0.946. The Hall–Kier alpha value is -1.39. The van der Waals surface area contributed by atoms with Crippen LogP contribution in [0.4, 0.5) is 4.79 Å². The fourth-order valence-corrected chi connectivity index (χ4v) is 4.46. The van der Waals surface area contributed by atoms with E-state index in [0.29, 0.717) is 17.3 Å². The van der Waals surface area contributed by atoms with Crippen molar-refractivity contribution in [3.63, 3.8) is 0 Å². The zero-order valence-corrected chi connectivity index (χ0v) is 12.8. The van der Waals surface area contributed by atoms with Crippen molar-refractivity contribution in [3.05, 3.63) is 0 Å². The van der Waals surface area contributed by atoms with Gasteiger partial charge in [-0.25, -0.2) is 9.10 Å². The average molecular weight is 332 g/mol. The minimum atomic E-state index is -4.54. The molecule has 1 aliphatic carbocycles. The number of nitrogens with one attached hydrogen (secondary N) is 1. The topological polar surface area (TPSA) is 133 Å². The highest BCUT2D eigenvalue weighted by Crippen LogP contribution is 2.35. The van der Waals surface area contributed by atoms with Crippen molar-refractivity contribution in [1.29, 1.82) is 0 Å². The van der Waals surface area contributed by atoms with Crippen LogP contribution in [0.15, 0.2) is 0 Å². The van der Waals surface area contributed by atoms with Gasteiger partial charge < -0.3 is 16.0 Å². The number of likely N-dealkylation sites (tertiary alicyclic amines) is 1. The molecule has 10 heteroatoms. The summed E-state index contributed by atoms with van der Waals surface area (Å²) in [6.45, 7) is 0.297. The van der Waals surface area contributed by atoms with Crippen LogP contribution >= 0.6 is 0 Å². The van der Waals surface area contributed by atoms with Gasteiger partial charge in [0.2, 0.25) is 0 Å². The van der Waals surface area contributed by atoms with E-state index in [9.17, 15) is 18.0 Å². The van der Waals surface area contributed by atoms with Gasteiger partial charge in [-0.3, -0.25) is 9.35 Å². The van der Waals surface area contributed by atoms with E-state index in [0.717, 1.165) is 25.7 Å². The molecule has 2 heterocycles. The predicted molar refractivity (Wildman–Crippen MR) is 76.1 cm³/mol. The Morgan fingerprint density at radius 2 is 1.86 bits per heavy atom. The molecule has 0 aromatic rings. The number of carbonyl (C=O) groups is 2. The van der Waals surface area contributed by atoms with Crippen LogP contribution in [-0.4, -0.2) is 64.8 Å². The molecular formula is C12H20N4O5S. The van der Waals surface area contributed by atoms with E-state index in [1.54, 1.807) is 0 Å². The Morgan fingerprint density at radius 1 is 1.23 bits per heavy atom. The molecule has 2 aliphatic heterocycles. The first-order valence-corrected chi connectivity index (χ1v) is 8.82. The molecule has 3 rings (SSSR count). The first kappa shape index (κ1) is 15.5. The summed E-state index contributed by atoms with van der Waals surface area (Å²) in [5, 5.41) is 2.89. The zero-order chi connectivity index (χ0) is 16.1. The summed E-state index contributed by atoms with van der Waals surface area (Å²) in [6.07, 6.45) is 3.66. The standard InChI is InChI=1S/C12H20N4O5S/c13-7-1-3-8(4-2-7)14-12(18)15-6-5-9-10(15)11(17)16(9)22(19,20)21/h7-10H,1-6,13H2,(H,14,18)(H,19,20,21)/t7?,8?,9-,10+/m1/s1. The highest BCUT2D eigenvalue weighted by Gasteiger charge is 2.60. The maximum absolute atomic E-state index is 12.3. The summed E-state index contributed by atoms with van der Waals surface area (Å²) in [7, 11) is -4.54. The lowest BCUT2D eigenvalue weighted by molar-refractivity contribution is -0.143. The molecule has 0 bridgehead atoms. The van der Waals surface area contributed by atoms with E-state index in [4.69, 9.17) is 10.3 Å². The molecule has 124 valence electrons. The molecule has 2 saturated heterocycles. The Balaban J connectivity index is 1.61. The van der Waals surface area contributed by atoms with E-state index >= 15 is 0 Å². The van der Waals surface area contributed by atoms with Gasteiger partial charge in [0.25, 0.3) is 5.91 Å². The molecule has 0 spiro atoms. The van der Waals surface area contributed by atoms with E-state index in [1.165, 1.54) is 4.90 Å². The Morgan fingerprint density at radius 3 is 2.45 bits per heavy atom. The largest absolute Gasteiger partial charge is 0.362 e. The van der Waals surface area contributed by atoms with Crippen molar-refractivity contribution < 1.29 is 22.6 Å². The molecule has 0 radical (unpaired) electrons. The molecule has 0 aromatic heterocycles. The molecule has 3 aliphatic rings. The van der Waals surface area contributed by atoms with Crippen LogP contribution in [0.3, 0.4) is 0 Å². The molecule has 2 atom stereocenters. The maximum Gasteiger partial charge on any atom is 0.362 e. The molecule has 0 aromatic carbocycles. The fraction of sp³-hybridized carbons (Fsp3) is 0.833.